The summed E-state index contributed by atoms with van der Waals surface area (Å²) in [6, 6.07) is 5.56. The molecule has 0 radical (unpaired) electrons. The van der Waals surface area contributed by atoms with Gasteiger partial charge >= 0.3 is 0 Å². The van der Waals surface area contributed by atoms with Crippen molar-refractivity contribution in [2.24, 2.45) is 0 Å². The number of methoxy groups -OCH3 is 2. The highest BCUT2D eigenvalue weighted by atomic mass is 16.5. The van der Waals surface area contributed by atoms with Crippen molar-refractivity contribution in [3.8, 4) is 22.8 Å². The molecule has 1 heterocycles. The molecule has 0 spiro atoms. The van der Waals surface area contributed by atoms with E-state index in [0.29, 0.717) is 23.9 Å². The SMILES string of the molecule is CNCc1ncc(-c2ccc(OC)cc2OC)o1. The second kappa shape index (κ2) is 5.55. The number of nitrogens with one attached hydrogen (secondary N) is 1. The number of aromatic nitrogens is 1. The molecule has 96 valence electrons. The van der Waals surface area contributed by atoms with Crippen LogP contribution in [-0.4, -0.2) is 26.3 Å². The molecule has 18 heavy (non-hydrogen) atoms. The first kappa shape index (κ1) is 12.4. The van der Waals surface area contributed by atoms with Crippen molar-refractivity contribution in [3.63, 3.8) is 0 Å². The van der Waals surface area contributed by atoms with Crippen molar-refractivity contribution >= 4 is 0 Å². The van der Waals surface area contributed by atoms with Gasteiger partial charge in [-0.2, -0.15) is 0 Å². The zero-order valence-corrected chi connectivity index (χ0v) is 10.7. The van der Waals surface area contributed by atoms with E-state index in [2.05, 4.69) is 10.3 Å². The molecule has 0 aliphatic rings. The molecular formula is C13H16N2O3. The minimum absolute atomic E-state index is 0.596. The molecule has 2 aromatic rings. The van der Waals surface area contributed by atoms with Crippen LogP contribution in [0.15, 0.2) is 28.8 Å². The highest BCUT2D eigenvalue weighted by Crippen LogP contribution is 2.33. The van der Waals surface area contributed by atoms with Crippen LogP contribution in [-0.2, 0) is 6.54 Å². The van der Waals surface area contributed by atoms with Crippen molar-refractivity contribution in [3.05, 3.63) is 30.3 Å². The van der Waals surface area contributed by atoms with E-state index in [4.69, 9.17) is 13.9 Å². The van der Waals surface area contributed by atoms with E-state index in [0.717, 1.165) is 11.3 Å². The average molecular weight is 248 g/mol. The average Bonchev–Trinajstić information content (AvgIpc) is 2.87. The predicted octanol–water partition coefficient (Wildman–Crippen LogP) is 2.08. The minimum atomic E-state index is 0.596. The Kier molecular flexibility index (Phi) is 3.84. The maximum Gasteiger partial charge on any atom is 0.208 e. The zero-order valence-electron chi connectivity index (χ0n) is 10.7. The van der Waals surface area contributed by atoms with E-state index in [1.165, 1.54) is 0 Å². The topological polar surface area (TPSA) is 56.5 Å². The number of ether oxygens (including phenoxy) is 2. The summed E-state index contributed by atoms with van der Waals surface area (Å²) in [5.74, 6) is 2.76. The van der Waals surface area contributed by atoms with Gasteiger partial charge in [-0.1, -0.05) is 0 Å². The van der Waals surface area contributed by atoms with Gasteiger partial charge in [-0.3, -0.25) is 0 Å². The Labute approximate surface area is 106 Å². The van der Waals surface area contributed by atoms with E-state index >= 15 is 0 Å². The van der Waals surface area contributed by atoms with E-state index in [9.17, 15) is 0 Å². The Morgan fingerprint density at radius 1 is 1.28 bits per heavy atom. The number of oxazole rings is 1. The van der Waals surface area contributed by atoms with E-state index < -0.39 is 0 Å². The highest BCUT2D eigenvalue weighted by Gasteiger charge is 2.12. The van der Waals surface area contributed by atoms with Crippen molar-refractivity contribution in [2.45, 2.75) is 6.54 Å². The molecule has 1 aromatic carbocycles. The van der Waals surface area contributed by atoms with E-state index in [1.54, 1.807) is 20.4 Å². The molecule has 0 atom stereocenters. The summed E-state index contributed by atoms with van der Waals surface area (Å²) in [5.41, 5.74) is 0.855. The van der Waals surface area contributed by atoms with Gasteiger partial charge in [0.15, 0.2) is 5.76 Å². The molecule has 2 rings (SSSR count). The lowest BCUT2D eigenvalue weighted by atomic mass is 10.1. The van der Waals surface area contributed by atoms with Crippen LogP contribution in [0.25, 0.3) is 11.3 Å². The van der Waals surface area contributed by atoms with E-state index in [-0.39, 0.29) is 0 Å². The summed E-state index contributed by atoms with van der Waals surface area (Å²) in [4.78, 5) is 4.18. The second-order valence-corrected chi connectivity index (χ2v) is 3.71. The summed E-state index contributed by atoms with van der Waals surface area (Å²) in [7, 11) is 5.08. The van der Waals surface area contributed by atoms with Crippen LogP contribution in [0.2, 0.25) is 0 Å². The summed E-state index contributed by atoms with van der Waals surface area (Å²) in [5, 5.41) is 2.99. The molecule has 0 unspecified atom stereocenters. The number of benzene rings is 1. The summed E-state index contributed by atoms with van der Waals surface area (Å²) in [6.07, 6.45) is 1.69. The van der Waals surface area contributed by atoms with Crippen molar-refractivity contribution in [2.75, 3.05) is 21.3 Å². The standard InChI is InChI=1S/C13H16N2O3/c1-14-8-13-15-7-12(18-13)10-5-4-9(16-2)6-11(10)17-3/h4-7,14H,8H2,1-3H3. The van der Waals surface area contributed by atoms with Gasteiger partial charge in [0.2, 0.25) is 5.89 Å². The molecule has 5 nitrogen and oxygen atoms in total. The summed E-state index contributed by atoms with van der Waals surface area (Å²) < 4.78 is 16.1. The Balaban J connectivity index is 2.36. The first-order valence-electron chi connectivity index (χ1n) is 5.60. The molecule has 0 aliphatic carbocycles. The number of nitrogens with zero attached hydrogens (tertiary/aromatic N) is 1. The maximum absolute atomic E-state index is 5.63. The number of hydrogen-bond donors (Lipinski definition) is 1. The van der Waals surface area contributed by atoms with Crippen LogP contribution in [0.1, 0.15) is 5.89 Å². The third-order valence-electron chi connectivity index (χ3n) is 2.56. The predicted molar refractivity (Wildman–Crippen MR) is 67.8 cm³/mol. The first-order valence-corrected chi connectivity index (χ1v) is 5.60. The molecule has 5 heteroatoms. The van der Waals surface area contributed by atoms with Gasteiger partial charge in [0.25, 0.3) is 0 Å². The zero-order chi connectivity index (χ0) is 13.0. The molecule has 1 aromatic heterocycles. The maximum atomic E-state index is 5.63. The first-order chi connectivity index (χ1) is 8.78. The van der Waals surface area contributed by atoms with Crippen LogP contribution in [0.4, 0.5) is 0 Å². The van der Waals surface area contributed by atoms with Crippen molar-refractivity contribution in [1.82, 2.24) is 10.3 Å². The normalized spacial score (nSPS) is 10.4. The van der Waals surface area contributed by atoms with Crippen LogP contribution in [0, 0.1) is 0 Å². The van der Waals surface area contributed by atoms with Crippen molar-refractivity contribution in [1.29, 1.82) is 0 Å². The molecule has 0 fully saturated rings. The Morgan fingerprint density at radius 2 is 2.11 bits per heavy atom. The third kappa shape index (κ3) is 2.46. The molecule has 0 saturated carbocycles. The monoisotopic (exact) mass is 248 g/mol. The third-order valence-corrected chi connectivity index (χ3v) is 2.56. The quantitative estimate of drug-likeness (QED) is 0.878. The largest absolute Gasteiger partial charge is 0.497 e. The Hall–Kier alpha value is -2.01. The fraction of sp³-hybridized carbons (Fsp3) is 0.308. The Bertz CT molecular complexity index is 523. The Morgan fingerprint density at radius 3 is 2.78 bits per heavy atom. The van der Waals surface area contributed by atoms with Crippen LogP contribution in [0.3, 0.4) is 0 Å². The van der Waals surface area contributed by atoms with Gasteiger partial charge in [-0.25, -0.2) is 4.98 Å². The molecule has 0 saturated heterocycles. The van der Waals surface area contributed by atoms with Gasteiger partial charge < -0.3 is 19.2 Å². The van der Waals surface area contributed by atoms with Crippen LogP contribution < -0.4 is 14.8 Å². The highest BCUT2D eigenvalue weighted by molar-refractivity contribution is 5.66. The molecular weight excluding hydrogens is 232 g/mol. The molecule has 0 amide bonds. The minimum Gasteiger partial charge on any atom is -0.497 e. The summed E-state index contributed by atoms with van der Waals surface area (Å²) in [6.45, 7) is 0.596. The van der Waals surface area contributed by atoms with Gasteiger partial charge in [-0.05, 0) is 19.2 Å². The van der Waals surface area contributed by atoms with Crippen molar-refractivity contribution < 1.29 is 13.9 Å². The summed E-state index contributed by atoms with van der Waals surface area (Å²) >= 11 is 0. The van der Waals surface area contributed by atoms with Gasteiger partial charge in [0.05, 0.1) is 32.5 Å². The lowest BCUT2D eigenvalue weighted by Gasteiger charge is -2.07. The van der Waals surface area contributed by atoms with Crippen LogP contribution >= 0.6 is 0 Å². The van der Waals surface area contributed by atoms with Gasteiger partial charge in [-0.15, -0.1) is 0 Å². The second-order valence-electron chi connectivity index (χ2n) is 3.71. The molecule has 0 aliphatic heterocycles. The lowest BCUT2D eigenvalue weighted by Crippen LogP contribution is -2.04. The lowest BCUT2D eigenvalue weighted by molar-refractivity contribution is 0.394. The fourth-order valence-corrected chi connectivity index (χ4v) is 1.67. The van der Waals surface area contributed by atoms with Gasteiger partial charge in [0.1, 0.15) is 11.5 Å². The smallest absolute Gasteiger partial charge is 0.208 e. The van der Waals surface area contributed by atoms with Gasteiger partial charge in [0, 0.05) is 6.07 Å². The fourth-order valence-electron chi connectivity index (χ4n) is 1.67. The number of rotatable bonds is 5. The molecule has 0 bridgehead atoms. The van der Waals surface area contributed by atoms with E-state index in [1.807, 2.05) is 25.2 Å². The van der Waals surface area contributed by atoms with Crippen LogP contribution in [0.5, 0.6) is 11.5 Å². The number of hydrogen-bond acceptors (Lipinski definition) is 5. The molecule has 1 N–H and O–H groups in total.